The molecule has 2 aliphatic rings. The van der Waals surface area contributed by atoms with Crippen molar-refractivity contribution in [2.45, 2.75) is 71.3 Å². The number of anilines is 1. The molecule has 0 spiro atoms. The summed E-state index contributed by atoms with van der Waals surface area (Å²) in [6.45, 7) is 9.18. The summed E-state index contributed by atoms with van der Waals surface area (Å²) in [5, 5.41) is 12.0. The lowest BCUT2D eigenvalue weighted by atomic mass is 9.78. The van der Waals surface area contributed by atoms with Gasteiger partial charge in [0.05, 0.1) is 18.9 Å². The largest absolute Gasteiger partial charge is 0.497 e. The summed E-state index contributed by atoms with van der Waals surface area (Å²) in [7, 11) is 1.70. The fourth-order valence-electron chi connectivity index (χ4n) is 5.79. The number of hydrogen-bond donors (Lipinski definition) is 1. The van der Waals surface area contributed by atoms with Gasteiger partial charge in [-0.2, -0.15) is 4.37 Å². The van der Waals surface area contributed by atoms with Crippen molar-refractivity contribution in [1.82, 2.24) is 4.37 Å². The SMILES string of the molecule is C=C(/C=C\C(OC)=C(C)C)[C@H]1CC[C@H](CN(c2cccc(-c3ccsn3)c2)C(=O)[C@H]2CC[C@H](O)CC2)CC1. The number of aliphatic hydroxyl groups is 1. The average molecular weight is 535 g/mol. The van der Waals surface area contributed by atoms with Crippen molar-refractivity contribution in [1.29, 1.82) is 0 Å². The van der Waals surface area contributed by atoms with E-state index in [0.717, 1.165) is 78.9 Å². The minimum absolute atomic E-state index is 0.0207. The van der Waals surface area contributed by atoms with Gasteiger partial charge in [-0.15, -0.1) is 0 Å². The third-order valence-corrected chi connectivity index (χ3v) is 8.74. The summed E-state index contributed by atoms with van der Waals surface area (Å²) < 4.78 is 9.96. The van der Waals surface area contributed by atoms with Gasteiger partial charge in [0.15, 0.2) is 0 Å². The van der Waals surface area contributed by atoms with E-state index in [9.17, 15) is 9.90 Å². The van der Waals surface area contributed by atoms with Crippen molar-refractivity contribution < 1.29 is 14.6 Å². The van der Waals surface area contributed by atoms with Crippen LogP contribution in [0.15, 0.2) is 71.3 Å². The van der Waals surface area contributed by atoms with Crippen molar-refractivity contribution >= 4 is 23.1 Å². The van der Waals surface area contributed by atoms with Crippen LogP contribution in [-0.2, 0) is 9.53 Å². The van der Waals surface area contributed by atoms with Crippen LogP contribution in [0.1, 0.15) is 65.2 Å². The van der Waals surface area contributed by atoms with Crippen molar-refractivity contribution in [3.63, 3.8) is 0 Å². The summed E-state index contributed by atoms with van der Waals surface area (Å²) in [5.74, 6) is 2.00. The first kappa shape index (κ1) is 28.3. The number of allylic oxidation sites excluding steroid dienone is 4. The lowest BCUT2D eigenvalue weighted by Crippen LogP contribution is -2.42. The molecular weight excluding hydrogens is 492 g/mol. The van der Waals surface area contributed by atoms with Crippen molar-refractivity contribution in [3.8, 4) is 11.3 Å². The second kappa shape index (κ2) is 13.4. The van der Waals surface area contributed by atoms with Gasteiger partial charge in [0, 0.05) is 29.1 Å². The monoisotopic (exact) mass is 534 g/mol. The lowest BCUT2D eigenvalue weighted by molar-refractivity contribution is -0.124. The highest BCUT2D eigenvalue weighted by Crippen LogP contribution is 2.36. The Bertz CT molecular complexity index is 1130. The summed E-state index contributed by atoms with van der Waals surface area (Å²) in [4.78, 5) is 15.9. The smallest absolute Gasteiger partial charge is 0.230 e. The van der Waals surface area contributed by atoms with Crippen LogP contribution < -0.4 is 4.90 Å². The second-order valence-electron chi connectivity index (χ2n) is 11.1. The van der Waals surface area contributed by atoms with Crippen LogP contribution in [0, 0.1) is 17.8 Å². The maximum Gasteiger partial charge on any atom is 0.230 e. The molecule has 2 fully saturated rings. The molecule has 0 aliphatic heterocycles. The zero-order valence-electron chi connectivity index (χ0n) is 23.1. The van der Waals surface area contributed by atoms with E-state index in [1.165, 1.54) is 11.5 Å². The van der Waals surface area contributed by atoms with Gasteiger partial charge < -0.3 is 14.7 Å². The topological polar surface area (TPSA) is 62.7 Å². The molecule has 38 heavy (non-hydrogen) atoms. The molecule has 0 atom stereocenters. The first-order valence-corrected chi connectivity index (χ1v) is 14.8. The minimum atomic E-state index is -0.269. The molecule has 0 unspecified atom stereocenters. The molecule has 0 bridgehead atoms. The Balaban J connectivity index is 1.46. The number of aromatic nitrogens is 1. The van der Waals surface area contributed by atoms with Gasteiger partial charge >= 0.3 is 0 Å². The van der Waals surface area contributed by atoms with E-state index in [-0.39, 0.29) is 17.9 Å². The van der Waals surface area contributed by atoms with Crippen molar-refractivity contribution in [2.75, 3.05) is 18.6 Å². The summed E-state index contributed by atoms with van der Waals surface area (Å²) in [6.07, 6.45) is 11.1. The highest BCUT2D eigenvalue weighted by Gasteiger charge is 2.32. The molecule has 6 heteroatoms. The van der Waals surface area contributed by atoms with Gasteiger partial charge in [-0.25, -0.2) is 0 Å². The van der Waals surface area contributed by atoms with Crippen LogP contribution in [-0.4, -0.2) is 35.1 Å². The molecule has 0 saturated heterocycles. The highest BCUT2D eigenvalue weighted by atomic mass is 32.1. The standard InChI is InChI=1S/C32H42N2O3S/c1-22(2)31(37-4)17-8-23(3)25-11-9-24(10-12-25)21-34(32(36)26-13-15-29(35)16-14-26)28-7-5-6-27(20-28)30-18-19-38-33-30/h5-8,17-20,24-26,29,35H,3,9-16,21H2,1-2,4H3/b17-8-/t24-,25-,26-,29-. The lowest BCUT2D eigenvalue weighted by Gasteiger charge is -2.36. The Morgan fingerprint density at radius 1 is 1.08 bits per heavy atom. The number of carbonyl (C=O) groups is 1. The van der Waals surface area contributed by atoms with Crippen molar-refractivity contribution in [2.24, 2.45) is 17.8 Å². The number of ether oxygens (including phenoxy) is 1. The number of hydrogen-bond acceptors (Lipinski definition) is 5. The van der Waals surface area contributed by atoms with Crippen LogP contribution in [0.3, 0.4) is 0 Å². The predicted octanol–water partition coefficient (Wildman–Crippen LogP) is 7.55. The van der Waals surface area contributed by atoms with E-state index < -0.39 is 0 Å². The van der Waals surface area contributed by atoms with Crippen LogP contribution >= 0.6 is 11.5 Å². The molecule has 1 aromatic heterocycles. The molecule has 5 nitrogen and oxygen atoms in total. The Morgan fingerprint density at radius 2 is 1.79 bits per heavy atom. The number of amides is 1. The summed E-state index contributed by atoms with van der Waals surface area (Å²) in [6, 6.07) is 10.3. The molecular formula is C32H42N2O3S. The van der Waals surface area contributed by atoms with Gasteiger partial charge in [0.2, 0.25) is 5.91 Å². The van der Waals surface area contributed by atoms with Gasteiger partial charge in [-0.05, 0) is 118 Å². The van der Waals surface area contributed by atoms with E-state index in [0.29, 0.717) is 24.7 Å². The molecule has 2 aromatic rings. The van der Waals surface area contributed by atoms with Crippen LogP contribution in [0.4, 0.5) is 5.69 Å². The molecule has 2 aliphatic carbocycles. The molecule has 1 amide bonds. The zero-order chi connectivity index (χ0) is 27.1. The number of methoxy groups -OCH3 is 1. The van der Waals surface area contributed by atoms with E-state index in [4.69, 9.17) is 4.74 Å². The van der Waals surface area contributed by atoms with Gasteiger partial charge in [0.1, 0.15) is 5.76 Å². The zero-order valence-corrected chi connectivity index (χ0v) is 23.9. The molecule has 204 valence electrons. The number of rotatable bonds is 9. The maximum atomic E-state index is 13.9. The Morgan fingerprint density at radius 3 is 2.42 bits per heavy atom. The fraction of sp³-hybridized carbons (Fsp3) is 0.500. The van der Waals surface area contributed by atoms with E-state index >= 15 is 0 Å². The van der Waals surface area contributed by atoms with Crippen LogP contribution in [0.5, 0.6) is 0 Å². The molecule has 1 heterocycles. The summed E-state index contributed by atoms with van der Waals surface area (Å²) >= 11 is 1.44. The summed E-state index contributed by atoms with van der Waals surface area (Å²) in [5.41, 5.74) is 5.25. The quantitative estimate of drug-likeness (QED) is 0.266. The normalized spacial score (nSPS) is 23.7. The first-order valence-electron chi connectivity index (χ1n) is 13.9. The molecule has 1 N–H and O–H groups in total. The van der Waals surface area contributed by atoms with Crippen LogP contribution in [0.25, 0.3) is 11.3 Å². The average Bonchev–Trinajstić information content (AvgIpc) is 3.47. The van der Waals surface area contributed by atoms with Gasteiger partial charge in [-0.3, -0.25) is 4.79 Å². The van der Waals surface area contributed by atoms with Crippen LogP contribution in [0.2, 0.25) is 0 Å². The Labute approximate surface area is 232 Å². The number of aliphatic hydroxyl groups excluding tert-OH is 1. The van der Waals surface area contributed by atoms with Gasteiger partial charge in [0.25, 0.3) is 0 Å². The van der Waals surface area contributed by atoms with Crippen molar-refractivity contribution in [3.05, 3.63) is 71.3 Å². The molecule has 4 rings (SSSR count). The van der Waals surface area contributed by atoms with Gasteiger partial charge in [-0.1, -0.05) is 30.4 Å². The first-order chi connectivity index (χ1) is 18.4. The van der Waals surface area contributed by atoms with E-state index in [1.54, 1.807) is 7.11 Å². The maximum absolute atomic E-state index is 13.9. The predicted molar refractivity (Wildman–Crippen MR) is 157 cm³/mol. The fourth-order valence-corrected chi connectivity index (χ4v) is 6.32. The molecule has 1 aromatic carbocycles. The molecule has 0 radical (unpaired) electrons. The second-order valence-corrected chi connectivity index (χ2v) is 11.7. The third-order valence-electron chi connectivity index (χ3n) is 8.18. The minimum Gasteiger partial charge on any atom is -0.497 e. The number of nitrogens with zero attached hydrogens (tertiary/aromatic N) is 2. The highest BCUT2D eigenvalue weighted by molar-refractivity contribution is 7.03. The number of carbonyl (C=O) groups excluding carboxylic acids is 1. The Kier molecular flexibility index (Phi) is 9.97. The number of benzene rings is 1. The van der Waals surface area contributed by atoms with E-state index in [2.05, 4.69) is 35.2 Å². The third kappa shape index (κ3) is 7.23. The van der Waals surface area contributed by atoms with E-state index in [1.807, 2.05) is 42.3 Å². The molecule has 2 saturated carbocycles. The Hall–Kier alpha value is -2.70.